The summed E-state index contributed by atoms with van der Waals surface area (Å²) >= 11 is 0. The Bertz CT molecular complexity index is 1190. The number of carbonyl (C=O) groups is 2. The Kier molecular flexibility index (Phi) is 64.4. The van der Waals surface area contributed by atoms with E-state index in [0.29, 0.717) is 19.4 Å². The SMILES string of the molecule is CCCCCCCCCCCCCCCCC/C=C/C(O)C(CO)NC(=O)CCCCCCCCCCCCCCC/C=C\CCCCCCCCCCCCCCOC(=O)CCCCCCCCCCCCCCC. The van der Waals surface area contributed by atoms with Gasteiger partial charge in [0.1, 0.15) is 0 Å². The molecule has 0 heterocycles. The number of unbranched alkanes of at least 4 members (excludes halogenated alkanes) is 52. The van der Waals surface area contributed by atoms with Crippen LogP contribution in [0.2, 0.25) is 0 Å². The molecule has 0 spiro atoms. The number of allylic oxidation sites excluding steroid dienone is 3. The van der Waals surface area contributed by atoms with E-state index in [9.17, 15) is 19.8 Å². The van der Waals surface area contributed by atoms with Gasteiger partial charge in [-0.1, -0.05) is 340 Å². The summed E-state index contributed by atoms with van der Waals surface area (Å²) in [7, 11) is 0. The molecule has 0 radical (unpaired) electrons. The first-order valence-corrected chi connectivity index (χ1v) is 34.6. The Morgan fingerprint density at radius 2 is 0.618 bits per heavy atom. The molecule has 0 aliphatic rings. The number of ether oxygens (including phenoxy) is 1. The van der Waals surface area contributed by atoms with Crippen molar-refractivity contribution < 1.29 is 24.5 Å². The van der Waals surface area contributed by atoms with Gasteiger partial charge in [-0.05, 0) is 57.8 Å². The third-order valence-corrected chi connectivity index (χ3v) is 16.2. The van der Waals surface area contributed by atoms with Crippen LogP contribution < -0.4 is 5.32 Å². The second-order valence-corrected chi connectivity index (χ2v) is 23.9. The van der Waals surface area contributed by atoms with Crippen molar-refractivity contribution in [2.24, 2.45) is 0 Å². The first-order valence-electron chi connectivity index (χ1n) is 34.6. The van der Waals surface area contributed by atoms with Crippen LogP contribution in [0.15, 0.2) is 24.3 Å². The number of hydrogen-bond acceptors (Lipinski definition) is 5. The number of esters is 1. The number of nitrogens with one attached hydrogen (secondary N) is 1. The Hall–Kier alpha value is -1.66. The van der Waals surface area contributed by atoms with E-state index in [1.165, 1.54) is 321 Å². The highest BCUT2D eigenvalue weighted by Crippen LogP contribution is 2.18. The molecule has 0 aliphatic carbocycles. The van der Waals surface area contributed by atoms with Crippen LogP contribution in [0.3, 0.4) is 0 Å². The van der Waals surface area contributed by atoms with Gasteiger partial charge in [0.25, 0.3) is 0 Å². The minimum Gasteiger partial charge on any atom is -0.466 e. The van der Waals surface area contributed by atoms with Crippen molar-refractivity contribution in [2.45, 2.75) is 398 Å². The summed E-state index contributed by atoms with van der Waals surface area (Å²) in [6.45, 7) is 4.94. The number of hydrogen-bond donors (Lipinski definition) is 3. The molecule has 450 valence electrons. The molecule has 6 nitrogen and oxygen atoms in total. The lowest BCUT2D eigenvalue weighted by molar-refractivity contribution is -0.143. The molecule has 0 saturated carbocycles. The predicted molar refractivity (Wildman–Crippen MR) is 333 cm³/mol. The summed E-state index contributed by atoms with van der Waals surface area (Å²) in [5.74, 6) is -0.0459. The summed E-state index contributed by atoms with van der Waals surface area (Å²) in [4.78, 5) is 24.5. The fourth-order valence-corrected chi connectivity index (χ4v) is 10.9. The van der Waals surface area contributed by atoms with Crippen molar-refractivity contribution >= 4 is 11.9 Å². The standard InChI is InChI=1S/C70H135NO5/c1-3-5-7-9-11-13-15-17-18-32-35-39-42-46-50-54-58-62-68(73)67(66-72)71-69(74)63-59-55-51-47-43-40-36-33-30-28-26-24-22-20-19-21-23-25-27-29-31-34-37-41-45-49-53-57-61-65-76-70(75)64-60-56-52-48-44-38-16-14-12-10-8-6-4-2/h19,21,58,62,67-68,72-73H,3-18,20,22-57,59-61,63-66H2,1-2H3,(H,71,74)/b21-19-,62-58+. The van der Waals surface area contributed by atoms with E-state index in [1.54, 1.807) is 6.08 Å². The van der Waals surface area contributed by atoms with Crippen LogP contribution >= 0.6 is 0 Å². The largest absolute Gasteiger partial charge is 0.466 e. The fraction of sp³-hybridized carbons (Fsp3) is 0.914. The molecule has 0 fully saturated rings. The quantitative estimate of drug-likeness (QED) is 0.0320. The maximum atomic E-state index is 12.5. The van der Waals surface area contributed by atoms with Gasteiger partial charge in [0.2, 0.25) is 5.91 Å². The second-order valence-electron chi connectivity index (χ2n) is 23.9. The normalized spacial score (nSPS) is 12.6. The highest BCUT2D eigenvalue weighted by Gasteiger charge is 2.18. The van der Waals surface area contributed by atoms with Gasteiger partial charge in [-0.2, -0.15) is 0 Å². The van der Waals surface area contributed by atoms with Gasteiger partial charge in [0.05, 0.1) is 25.4 Å². The van der Waals surface area contributed by atoms with E-state index >= 15 is 0 Å². The number of amides is 1. The van der Waals surface area contributed by atoms with Crippen LogP contribution in [0.4, 0.5) is 0 Å². The molecule has 1 amide bonds. The van der Waals surface area contributed by atoms with Crippen LogP contribution in [0.5, 0.6) is 0 Å². The maximum absolute atomic E-state index is 12.5. The van der Waals surface area contributed by atoms with Crippen molar-refractivity contribution in [3.63, 3.8) is 0 Å². The van der Waals surface area contributed by atoms with Gasteiger partial charge in [-0.3, -0.25) is 9.59 Å². The Morgan fingerprint density at radius 1 is 0.355 bits per heavy atom. The highest BCUT2D eigenvalue weighted by atomic mass is 16.5. The van der Waals surface area contributed by atoms with Crippen LogP contribution in [0.1, 0.15) is 386 Å². The lowest BCUT2D eigenvalue weighted by Crippen LogP contribution is -2.45. The molecule has 2 atom stereocenters. The van der Waals surface area contributed by atoms with Gasteiger partial charge in [0.15, 0.2) is 0 Å². The summed E-state index contributed by atoms with van der Waals surface area (Å²) in [6, 6.07) is -0.627. The molecule has 0 saturated heterocycles. The molecule has 6 heteroatoms. The zero-order valence-corrected chi connectivity index (χ0v) is 51.5. The zero-order chi connectivity index (χ0) is 55.0. The van der Waals surface area contributed by atoms with Gasteiger partial charge in [-0.25, -0.2) is 0 Å². The molecule has 0 bridgehead atoms. The van der Waals surface area contributed by atoms with E-state index in [0.717, 1.165) is 38.5 Å². The highest BCUT2D eigenvalue weighted by molar-refractivity contribution is 5.76. The molecule has 0 aliphatic heterocycles. The second kappa shape index (κ2) is 65.9. The maximum Gasteiger partial charge on any atom is 0.305 e. The first kappa shape index (κ1) is 74.3. The number of aliphatic hydroxyl groups is 2. The lowest BCUT2D eigenvalue weighted by Gasteiger charge is -2.20. The van der Waals surface area contributed by atoms with Crippen LogP contribution in [0, 0.1) is 0 Å². The molecule has 2 unspecified atom stereocenters. The molecular weight excluding hydrogens is 935 g/mol. The van der Waals surface area contributed by atoms with Gasteiger partial charge >= 0.3 is 5.97 Å². The summed E-state index contributed by atoms with van der Waals surface area (Å²) in [6.07, 6.45) is 82.5. The minimum absolute atomic E-state index is 0.0183. The van der Waals surface area contributed by atoms with E-state index < -0.39 is 12.1 Å². The van der Waals surface area contributed by atoms with E-state index in [2.05, 4.69) is 31.3 Å². The first-order chi connectivity index (χ1) is 37.5. The molecule has 76 heavy (non-hydrogen) atoms. The number of carbonyl (C=O) groups excluding carboxylic acids is 2. The molecular formula is C70H135NO5. The van der Waals surface area contributed by atoms with Crippen LogP contribution in [-0.2, 0) is 14.3 Å². The van der Waals surface area contributed by atoms with E-state index in [-0.39, 0.29) is 18.5 Å². The average Bonchev–Trinajstić information content (AvgIpc) is 3.42. The van der Waals surface area contributed by atoms with Crippen molar-refractivity contribution in [3.05, 3.63) is 24.3 Å². The molecule has 3 N–H and O–H groups in total. The minimum atomic E-state index is -0.844. The third kappa shape index (κ3) is 61.6. The van der Waals surface area contributed by atoms with Crippen LogP contribution in [-0.4, -0.2) is 47.4 Å². The van der Waals surface area contributed by atoms with Gasteiger partial charge in [0, 0.05) is 12.8 Å². The van der Waals surface area contributed by atoms with Gasteiger partial charge < -0.3 is 20.3 Å². The van der Waals surface area contributed by atoms with Crippen molar-refractivity contribution in [1.29, 1.82) is 0 Å². The Balaban J connectivity index is 3.39. The Morgan fingerprint density at radius 3 is 0.934 bits per heavy atom. The number of rotatable bonds is 65. The fourth-order valence-electron chi connectivity index (χ4n) is 10.9. The van der Waals surface area contributed by atoms with Crippen molar-refractivity contribution in [3.8, 4) is 0 Å². The van der Waals surface area contributed by atoms with Crippen molar-refractivity contribution in [2.75, 3.05) is 13.2 Å². The predicted octanol–water partition coefficient (Wildman–Crippen LogP) is 22.1. The summed E-state index contributed by atoms with van der Waals surface area (Å²) in [5.41, 5.74) is 0. The van der Waals surface area contributed by atoms with E-state index in [4.69, 9.17) is 4.74 Å². The monoisotopic (exact) mass is 1070 g/mol. The summed E-state index contributed by atoms with van der Waals surface area (Å²) < 4.78 is 5.49. The molecule has 0 aromatic carbocycles. The molecule has 0 aromatic heterocycles. The zero-order valence-electron chi connectivity index (χ0n) is 51.5. The third-order valence-electron chi connectivity index (χ3n) is 16.2. The molecule has 0 aromatic rings. The Labute approximate surface area is 475 Å². The van der Waals surface area contributed by atoms with Crippen molar-refractivity contribution in [1.82, 2.24) is 5.32 Å². The van der Waals surface area contributed by atoms with Gasteiger partial charge in [-0.15, -0.1) is 0 Å². The topological polar surface area (TPSA) is 95.9 Å². The van der Waals surface area contributed by atoms with Crippen LogP contribution in [0.25, 0.3) is 0 Å². The summed E-state index contributed by atoms with van der Waals surface area (Å²) in [5, 5.41) is 23.2. The average molecular weight is 1070 g/mol. The molecule has 0 rings (SSSR count). The smallest absolute Gasteiger partial charge is 0.305 e. The number of aliphatic hydroxyl groups excluding tert-OH is 2. The lowest BCUT2D eigenvalue weighted by atomic mass is 10.0. The van der Waals surface area contributed by atoms with E-state index in [1.807, 2.05) is 6.08 Å².